The van der Waals surface area contributed by atoms with Crippen LogP contribution in [0.25, 0.3) is 17.1 Å². The van der Waals surface area contributed by atoms with Crippen molar-refractivity contribution in [2.24, 2.45) is 0 Å². The van der Waals surface area contributed by atoms with E-state index in [4.69, 9.17) is 11.6 Å². The van der Waals surface area contributed by atoms with Crippen LogP contribution >= 0.6 is 11.6 Å². The lowest BCUT2D eigenvalue weighted by Gasteiger charge is -2.11. The summed E-state index contributed by atoms with van der Waals surface area (Å²) in [7, 11) is 0. The molecule has 0 fully saturated rings. The van der Waals surface area contributed by atoms with Crippen LogP contribution in [-0.4, -0.2) is 14.7 Å². The van der Waals surface area contributed by atoms with E-state index < -0.39 is 11.7 Å². The van der Waals surface area contributed by atoms with Gasteiger partial charge in [-0.1, -0.05) is 35.9 Å². The summed E-state index contributed by atoms with van der Waals surface area (Å²) >= 11 is 5.93. The molecule has 0 bridgehead atoms. The highest BCUT2D eigenvalue weighted by molar-refractivity contribution is 6.29. The second-order valence-electron chi connectivity index (χ2n) is 4.82. The van der Waals surface area contributed by atoms with Crippen LogP contribution in [-0.2, 0) is 6.18 Å². The number of benzene rings is 2. The number of rotatable bonds is 2. The van der Waals surface area contributed by atoms with Crippen LogP contribution in [0.15, 0.2) is 54.7 Å². The molecule has 3 aromatic rings. The number of phenols is 1. The predicted octanol–water partition coefficient (Wildman–Crippen LogP) is 4.92. The molecule has 0 aliphatic heterocycles. The van der Waals surface area contributed by atoms with Gasteiger partial charge in [-0.05, 0) is 24.3 Å². The largest absolute Gasteiger partial charge is 0.506 e. The summed E-state index contributed by atoms with van der Waals surface area (Å²) in [5.41, 5.74) is 0.142. The number of phenolic OH excluding ortho intramolecular Hbond substituents is 1. The Morgan fingerprint density at radius 2 is 1.65 bits per heavy atom. The van der Waals surface area contributed by atoms with Gasteiger partial charge in [0.05, 0.1) is 11.3 Å². The van der Waals surface area contributed by atoms with Gasteiger partial charge < -0.3 is 5.11 Å². The number of alkyl halides is 3. The molecule has 3 rings (SSSR count). The molecule has 0 saturated carbocycles. The number of aromatic nitrogens is 2. The summed E-state index contributed by atoms with van der Waals surface area (Å²) in [4.78, 5) is 4.13. The van der Waals surface area contributed by atoms with E-state index in [-0.39, 0.29) is 10.9 Å². The van der Waals surface area contributed by atoms with Crippen LogP contribution < -0.4 is 0 Å². The first kappa shape index (κ1) is 15.4. The highest BCUT2D eigenvalue weighted by Gasteiger charge is 2.30. The zero-order valence-electron chi connectivity index (χ0n) is 11.5. The lowest BCUT2D eigenvalue weighted by Crippen LogP contribution is -2.04. The molecule has 23 heavy (non-hydrogen) atoms. The molecule has 1 N–H and O–H groups in total. The fourth-order valence-corrected chi connectivity index (χ4v) is 2.39. The summed E-state index contributed by atoms with van der Waals surface area (Å²) in [5, 5.41) is 10.1. The quantitative estimate of drug-likeness (QED) is 0.720. The van der Waals surface area contributed by atoms with Gasteiger partial charge in [0, 0.05) is 11.8 Å². The molecule has 0 spiro atoms. The van der Waals surface area contributed by atoms with Crippen molar-refractivity contribution in [3.05, 3.63) is 65.4 Å². The zero-order chi connectivity index (χ0) is 16.6. The molecule has 0 aliphatic rings. The van der Waals surface area contributed by atoms with E-state index in [0.717, 1.165) is 12.1 Å². The summed E-state index contributed by atoms with van der Waals surface area (Å²) in [6.45, 7) is 0. The molecule has 118 valence electrons. The summed E-state index contributed by atoms with van der Waals surface area (Å²) in [6.07, 6.45) is -2.91. The Morgan fingerprint density at radius 3 is 2.26 bits per heavy atom. The number of halogens is 4. The van der Waals surface area contributed by atoms with Crippen LogP contribution in [0.2, 0.25) is 5.15 Å². The van der Waals surface area contributed by atoms with Crippen LogP contribution in [0, 0.1) is 0 Å². The van der Waals surface area contributed by atoms with Crippen LogP contribution in [0.5, 0.6) is 5.75 Å². The predicted molar refractivity (Wildman–Crippen MR) is 80.7 cm³/mol. The number of hydrogen-bond acceptors (Lipinski definition) is 2. The summed E-state index contributed by atoms with van der Waals surface area (Å²) in [6, 6.07) is 11.1. The first-order valence-corrected chi connectivity index (χ1v) is 6.95. The van der Waals surface area contributed by atoms with Gasteiger partial charge in [0.2, 0.25) is 0 Å². The highest BCUT2D eigenvalue weighted by atomic mass is 35.5. The molecular formula is C16H10ClF3N2O. The maximum atomic E-state index is 12.6. The average molecular weight is 339 g/mol. The minimum Gasteiger partial charge on any atom is -0.506 e. The van der Waals surface area contributed by atoms with Crippen LogP contribution in [0.4, 0.5) is 13.2 Å². The fourth-order valence-electron chi connectivity index (χ4n) is 2.22. The molecule has 0 radical (unpaired) electrons. The molecule has 0 aliphatic carbocycles. The van der Waals surface area contributed by atoms with E-state index >= 15 is 0 Å². The van der Waals surface area contributed by atoms with Crippen molar-refractivity contribution >= 4 is 11.6 Å². The molecular weight excluding hydrogens is 329 g/mol. The Bertz CT molecular complexity index is 841. The van der Waals surface area contributed by atoms with Crippen molar-refractivity contribution in [3.8, 4) is 22.8 Å². The van der Waals surface area contributed by atoms with Gasteiger partial charge in [0.1, 0.15) is 16.7 Å². The van der Waals surface area contributed by atoms with Gasteiger partial charge in [-0.15, -0.1) is 0 Å². The Hall–Kier alpha value is -2.47. The van der Waals surface area contributed by atoms with E-state index in [0.29, 0.717) is 17.1 Å². The normalized spacial score (nSPS) is 11.7. The molecule has 1 heterocycles. The Balaban J connectivity index is 2.10. The minimum atomic E-state index is -4.40. The first-order valence-electron chi connectivity index (χ1n) is 6.57. The SMILES string of the molecule is Oc1ccccc1-n1cc(Cl)nc1-c1ccc(C(F)(F)F)cc1. The topological polar surface area (TPSA) is 38.0 Å². The fraction of sp³-hybridized carbons (Fsp3) is 0.0625. The third kappa shape index (κ3) is 3.03. The summed E-state index contributed by atoms with van der Waals surface area (Å²) in [5.74, 6) is 0.347. The monoisotopic (exact) mass is 338 g/mol. The lowest BCUT2D eigenvalue weighted by molar-refractivity contribution is -0.137. The molecule has 1 aromatic heterocycles. The standard InChI is InChI=1S/C16H10ClF3N2O/c17-14-9-22(12-3-1-2-4-13(12)23)15(21-14)10-5-7-11(8-6-10)16(18,19)20/h1-9,23H. The number of nitrogens with zero attached hydrogens (tertiary/aromatic N) is 2. The van der Waals surface area contributed by atoms with E-state index in [2.05, 4.69) is 4.98 Å². The van der Waals surface area contributed by atoms with E-state index in [1.807, 2.05) is 0 Å². The first-order chi connectivity index (χ1) is 10.9. The molecule has 0 amide bonds. The molecule has 2 aromatic carbocycles. The maximum Gasteiger partial charge on any atom is 0.416 e. The van der Waals surface area contributed by atoms with Gasteiger partial charge in [0.25, 0.3) is 0 Å². The zero-order valence-corrected chi connectivity index (χ0v) is 12.3. The summed E-state index contributed by atoms with van der Waals surface area (Å²) < 4.78 is 39.5. The number of aromatic hydroxyl groups is 1. The van der Waals surface area contributed by atoms with Gasteiger partial charge in [-0.2, -0.15) is 13.2 Å². The molecule has 0 saturated heterocycles. The van der Waals surface area contributed by atoms with Gasteiger partial charge in [-0.25, -0.2) is 4.98 Å². The van der Waals surface area contributed by atoms with Crippen molar-refractivity contribution in [3.63, 3.8) is 0 Å². The van der Waals surface area contributed by atoms with Crippen molar-refractivity contribution in [2.45, 2.75) is 6.18 Å². The van der Waals surface area contributed by atoms with Crippen molar-refractivity contribution < 1.29 is 18.3 Å². The lowest BCUT2D eigenvalue weighted by atomic mass is 10.1. The van der Waals surface area contributed by atoms with E-state index in [9.17, 15) is 18.3 Å². The van der Waals surface area contributed by atoms with Crippen molar-refractivity contribution in [1.29, 1.82) is 0 Å². The second kappa shape index (κ2) is 5.62. The van der Waals surface area contributed by atoms with Gasteiger partial charge in [-0.3, -0.25) is 4.57 Å². The Morgan fingerprint density at radius 1 is 1.00 bits per heavy atom. The number of imidazole rings is 1. The highest BCUT2D eigenvalue weighted by Crippen LogP contribution is 2.33. The Labute approximate surface area is 134 Å². The molecule has 7 heteroatoms. The molecule has 0 unspecified atom stereocenters. The third-order valence-electron chi connectivity index (χ3n) is 3.29. The maximum absolute atomic E-state index is 12.6. The molecule has 3 nitrogen and oxygen atoms in total. The van der Waals surface area contributed by atoms with E-state index in [1.54, 1.807) is 18.2 Å². The van der Waals surface area contributed by atoms with E-state index in [1.165, 1.54) is 29.0 Å². The average Bonchev–Trinajstić information content (AvgIpc) is 2.89. The number of para-hydroxylation sites is 2. The van der Waals surface area contributed by atoms with Crippen molar-refractivity contribution in [1.82, 2.24) is 9.55 Å². The van der Waals surface area contributed by atoms with Gasteiger partial charge in [0.15, 0.2) is 0 Å². The van der Waals surface area contributed by atoms with Crippen molar-refractivity contribution in [2.75, 3.05) is 0 Å². The number of hydrogen-bond donors (Lipinski definition) is 1. The Kier molecular flexibility index (Phi) is 3.77. The van der Waals surface area contributed by atoms with Crippen LogP contribution in [0.3, 0.4) is 0 Å². The van der Waals surface area contributed by atoms with Gasteiger partial charge >= 0.3 is 6.18 Å². The third-order valence-corrected chi connectivity index (χ3v) is 3.47. The molecule has 0 atom stereocenters. The van der Waals surface area contributed by atoms with Crippen LogP contribution in [0.1, 0.15) is 5.56 Å². The minimum absolute atomic E-state index is 0.00901. The second-order valence-corrected chi connectivity index (χ2v) is 5.21. The smallest absolute Gasteiger partial charge is 0.416 e.